The fourth-order valence-electron chi connectivity index (χ4n) is 3.91. The summed E-state index contributed by atoms with van der Waals surface area (Å²) in [5.74, 6) is 0.596. The topological polar surface area (TPSA) is 61.0 Å². The van der Waals surface area contributed by atoms with Gasteiger partial charge in [-0.25, -0.2) is 4.98 Å². The molecule has 1 aromatic heterocycles. The molecule has 0 aliphatic carbocycles. The number of halogens is 1. The number of hydrogen-bond acceptors (Lipinski definition) is 3. The monoisotopic (exact) mass is 451 g/mol. The summed E-state index contributed by atoms with van der Waals surface area (Å²) in [5.41, 5.74) is 4.59. The maximum atomic E-state index is 12.0. The molecule has 33 heavy (non-hydrogen) atoms. The van der Waals surface area contributed by atoms with Crippen LogP contribution in [-0.4, -0.2) is 14.5 Å². The average molecular weight is 452 g/mol. The summed E-state index contributed by atoms with van der Waals surface area (Å²) in [4.78, 5) is 16.6. The molecule has 5 nitrogen and oxygen atoms in total. The van der Waals surface area contributed by atoms with E-state index in [0.29, 0.717) is 16.5 Å². The Bertz CT molecular complexity index is 1430. The molecule has 0 fully saturated rings. The first-order valence-corrected chi connectivity index (χ1v) is 10.7. The summed E-state index contributed by atoms with van der Waals surface area (Å²) in [6.07, 6.45) is 0. The van der Waals surface area contributed by atoms with Gasteiger partial charge in [0.15, 0.2) is 0 Å². The minimum Gasteiger partial charge on any atom is -0.285 e. The van der Waals surface area contributed by atoms with Crippen molar-refractivity contribution in [1.82, 2.24) is 9.55 Å². The molecule has 160 valence electrons. The summed E-state index contributed by atoms with van der Waals surface area (Å²) in [5, 5.41) is 12.6. The minimum atomic E-state index is -0.363. The van der Waals surface area contributed by atoms with Crippen molar-refractivity contribution in [3.63, 3.8) is 0 Å². The molecule has 0 unspecified atom stereocenters. The number of nitro groups is 1. The second-order valence-electron chi connectivity index (χ2n) is 7.45. The molecular formula is C27H18ClN3O2. The lowest BCUT2D eigenvalue weighted by Gasteiger charge is -2.14. The smallest absolute Gasteiger partial charge is 0.285 e. The highest BCUT2D eigenvalue weighted by atomic mass is 35.5. The van der Waals surface area contributed by atoms with Crippen molar-refractivity contribution in [3.05, 3.63) is 124 Å². The third-order valence-corrected chi connectivity index (χ3v) is 5.65. The second kappa shape index (κ2) is 8.73. The first kappa shape index (κ1) is 20.7. The van der Waals surface area contributed by atoms with E-state index in [9.17, 15) is 10.1 Å². The van der Waals surface area contributed by atoms with Gasteiger partial charge in [0, 0.05) is 27.8 Å². The van der Waals surface area contributed by atoms with Crippen LogP contribution in [0.4, 0.5) is 5.69 Å². The largest absolute Gasteiger partial charge is 0.293 e. The van der Waals surface area contributed by atoms with Crippen molar-refractivity contribution in [2.45, 2.75) is 0 Å². The van der Waals surface area contributed by atoms with Gasteiger partial charge >= 0.3 is 0 Å². The van der Waals surface area contributed by atoms with Crippen molar-refractivity contribution >= 4 is 17.3 Å². The molecule has 0 saturated carbocycles. The number of nitro benzene ring substituents is 1. The third kappa shape index (κ3) is 3.90. The van der Waals surface area contributed by atoms with E-state index in [2.05, 4.69) is 0 Å². The van der Waals surface area contributed by atoms with E-state index >= 15 is 0 Å². The van der Waals surface area contributed by atoms with E-state index in [1.165, 1.54) is 6.07 Å². The number of para-hydroxylation sites is 2. The Morgan fingerprint density at radius 3 is 1.91 bits per heavy atom. The molecule has 5 aromatic rings. The maximum absolute atomic E-state index is 12.0. The molecule has 6 heteroatoms. The van der Waals surface area contributed by atoms with Crippen LogP contribution >= 0.6 is 11.6 Å². The molecule has 0 N–H and O–H groups in total. The van der Waals surface area contributed by atoms with Gasteiger partial charge in [0.1, 0.15) is 11.5 Å². The number of nitrogens with zero attached hydrogens (tertiary/aromatic N) is 3. The van der Waals surface area contributed by atoms with Crippen LogP contribution in [0.3, 0.4) is 0 Å². The van der Waals surface area contributed by atoms with Gasteiger partial charge in [0.2, 0.25) is 0 Å². The molecule has 0 atom stereocenters. The van der Waals surface area contributed by atoms with Crippen molar-refractivity contribution in [2.75, 3.05) is 0 Å². The summed E-state index contributed by atoms with van der Waals surface area (Å²) >= 11 is 6.13. The number of rotatable bonds is 5. The first-order valence-electron chi connectivity index (χ1n) is 10.4. The normalized spacial score (nSPS) is 10.8. The average Bonchev–Trinajstić information content (AvgIpc) is 3.26. The Kier molecular flexibility index (Phi) is 5.47. The molecule has 0 radical (unpaired) electrons. The van der Waals surface area contributed by atoms with E-state index in [0.717, 1.165) is 28.1 Å². The fourth-order valence-corrected chi connectivity index (χ4v) is 4.04. The number of benzene rings is 4. The standard InChI is InChI=1S/C27H18ClN3O2/c28-22-17-15-21(16-18-22)27-29-25(19-9-3-1-4-10-19)26(20-11-5-2-6-12-20)30(27)23-13-7-8-14-24(23)31(32)33/h1-18H. The summed E-state index contributed by atoms with van der Waals surface area (Å²) in [6, 6.07) is 33.7. The molecule has 0 aliphatic heterocycles. The van der Waals surface area contributed by atoms with Crippen molar-refractivity contribution < 1.29 is 4.92 Å². The molecule has 0 saturated heterocycles. The number of hydrogen-bond donors (Lipinski definition) is 0. The van der Waals surface area contributed by atoms with Gasteiger partial charge in [-0.2, -0.15) is 0 Å². The van der Waals surface area contributed by atoms with Crippen LogP contribution < -0.4 is 0 Å². The van der Waals surface area contributed by atoms with Crippen molar-refractivity contribution in [2.24, 2.45) is 0 Å². The van der Waals surface area contributed by atoms with Crippen LogP contribution in [0.5, 0.6) is 0 Å². The predicted molar refractivity (Wildman–Crippen MR) is 132 cm³/mol. The Hall–Kier alpha value is -4.22. The molecule has 0 bridgehead atoms. The van der Waals surface area contributed by atoms with Gasteiger partial charge < -0.3 is 0 Å². The van der Waals surface area contributed by atoms with E-state index in [1.807, 2.05) is 77.4 Å². The summed E-state index contributed by atoms with van der Waals surface area (Å²) in [7, 11) is 0. The Morgan fingerprint density at radius 1 is 0.697 bits per heavy atom. The second-order valence-corrected chi connectivity index (χ2v) is 7.89. The molecule has 0 amide bonds. The lowest BCUT2D eigenvalue weighted by Crippen LogP contribution is -2.04. The highest BCUT2D eigenvalue weighted by Gasteiger charge is 2.26. The van der Waals surface area contributed by atoms with Crippen LogP contribution in [0.25, 0.3) is 39.6 Å². The van der Waals surface area contributed by atoms with E-state index in [4.69, 9.17) is 16.6 Å². The van der Waals surface area contributed by atoms with E-state index in [-0.39, 0.29) is 10.6 Å². The Labute approximate surface area is 195 Å². The van der Waals surface area contributed by atoms with Crippen LogP contribution in [0.1, 0.15) is 0 Å². The van der Waals surface area contributed by atoms with Gasteiger partial charge in [0.05, 0.1) is 16.3 Å². The summed E-state index contributed by atoms with van der Waals surface area (Å²) < 4.78 is 1.87. The van der Waals surface area contributed by atoms with Crippen LogP contribution in [-0.2, 0) is 0 Å². The first-order chi connectivity index (χ1) is 16.1. The van der Waals surface area contributed by atoms with Crippen molar-refractivity contribution in [3.8, 4) is 39.6 Å². The lowest BCUT2D eigenvalue weighted by molar-refractivity contribution is -0.384. The molecule has 0 spiro atoms. The molecule has 5 rings (SSSR count). The van der Waals surface area contributed by atoms with Crippen LogP contribution in [0.15, 0.2) is 109 Å². The summed E-state index contributed by atoms with van der Waals surface area (Å²) in [6.45, 7) is 0. The SMILES string of the molecule is O=[N+]([O-])c1ccccc1-n1c(-c2ccc(Cl)cc2)nc(-c2ccccc2)c1-c1ccccc1. The Morgan fingerprint density at radius 2 is 1.27 bits per heavy atom. The van der Waals surface area contributed by atoms with E-state index in [1.54, 1.807) is 30.3 Å². The van der Waals surface area contributed by atoms with Gasteiger partial charge in [0.25, 0.3) is 5.69 Å². The predicted octanol–water partition coefficient (Wildman–Crippen LogP) is 7.43. The van der Waals surface area contributed by atoms with Gasteiger partial charge in [-0.3, -0.25) is 14.7 Å². The zero-order chi connectivity index (χ0) is 22.8. The number of aromatic nitrogens is 2. The van der Waals surface area contributed by atoms with Crippen LogP contribution in [0, 0.1) is 10.1 Å². The van der Waals surface area contributed by atoms with Gasteiger partial charge in [-0.1, -0.05) is 84.4 Å². The molecule has 1 heterocycles. The van der Waals surface area contributed by atoms with Gasteiger partial charge in [-0.15, -0.1) is 0 Å². The van der Waals surface area contributed by atoms with E-state index < -0.39 is 0 Å². The quantitative estimate of drug-likeness (QED) is 0.206. The number of imidazole rings is 1. The zero-order valence-electron chi connectivity index (χ0n) is 17.4. The maximum Gasteiger partial charge on any atom is 0.293 e. The third-order valence-electron chi connectivity index (χ3n) is 5.39. The molecule has 4 aromatic carbocycles. The Balaban J connectivity index is 1.92. The zero-order valence-corrected chi connectivity index (χ0v) is 18.2. The lowest BCUT2D eigenvalue weighted by atomic mass is 10.0. The molecular weight excluding hydrogens is 434 g/mol. The minimum absolute atomic E-state index is 0.00177. The highest BCUT2D eigenvalue weighted by molar-refractivity contribution is 6.30. The van der Waals surface area contributed by atoms with Gasteiger partial charge in [-0.05, 0) is 30.3 Å². The molecule has 0 aliphatic rings. The highest BCUT2D eigenvalue weighted by Crippen LogP contribution is 2.40. The fraction of sp³-hybridized carbons (Fsp3) is 0. The van der Waals surface area contributed by atoms with Crippen molar-refractivity contribution in [1.29, 1.82) is 0 Å². The van der Waals surface area contributed by atoms with Crippen LogP contribution in [0.2, 0.25) is 5.02 Å².